The smallest absolute Gasteiger partial charge is 0.0867 e. The lowest BCUT2D eigenvalue weighted by Gasteiger charge is -2.19. The molecule has 0 aliphatic carbocycles. The van der Waals surface area contributed by atoms with Gasteiger partial charge in [-0.1, -0.05) is 11.6 Å². The molecule has 0 atom stereocenters. The highest BCUT2D eigenvalue weighted by Crippen LogP contribution is 2.27. The summed E-state index contributed by atoms with van der Waals surface area (Å²) in [7, 11) is 1.93. The van der Waals surface area contributed by atoms with Crippen molar-refractivity contribution in [2.45, 2.75) is 5.88 Å². The lowest BCUT2D eigenvalue weighted by molar-refractivity contribution is 0.965. The summed E-state index contributed by atoms with van der Waals surface area (Å²) in [5.41, 5.74) is 1.62. The van der Waals surface area contributed by atoms with Crippen molar-refractivity contribution >= 4 is 40.5 Å². The summed E-state index contributed by atoms with van der Waals surface area (Å²) < 4.78 is 0. The summed E-state index contributed by atoms with van der Waals surface area (Å²) in [5.74, 6) is 0.882. The first-order valence-electron chi connectivity index (χ1n) is 4.17. The molecule has 14 heavy (non-hydrogen) atoms. The van der Waals surface area contributed by atoms with Gasteiger partial charge in [0, 0.05) is 25.7 Å². The van der Waals surface area contributed by atoms with Gasteiger partial charge in [0.1, 0.15) is 0 Å². The first kappa shape index (κ1) is 11.9. The number of alkyl halides is 2. The van der Waals surface area contributed by atoms with Crippen LogP contribution in [0.4, 0.5) is 5.69 Å². The van der Waals surface area contributed by atoms with Gasteiger partial charge >= 0.3 is 0 Å². The van der Waals surface area contributed by atoms with E-state index in [4.69, 9.17) is 34.8 Å². The molecule has 78 valence electrons. The molecule has 5 heteroatoms. The first-order valence-corrected chi connectivity index (χ1v) is 5.61. The number of pyridine rings is 1. The third kappa shape index (κ3) is 2.66. The van der Waals surface area contributed by atoms with E-state index in [0.717, 1.165) is 12.2 Å². The quantitative estimate of drug-likeness (QED) is 0.767. The summed E-state index contributed by atoms with van der Waals surface area (Å²) in [6.45, 7) is 0.743. The molecule has 0 aliphatic rings. The standard InChI is InChI=1S/C9H11Cl3N2/c1-14(5-3-10)8-2-4-13-7(6-11)9(8)12/h2,4H,3,5-6H2,1H3. The maximum absolute atomic E-state index is 6.11. The van der Waals surface area contributed by atoms with E-state index in [2.05, 4.69) is 4.98 Å². The molecule has 1 rings (SSSR count). The van der Waals surface area contributed by atoms with E-state index >= 15 is 0 Å². The average Bonchev–Trinajstić information content (AvgIpc) is 2.18. The van der Waals surface area contributed by atoms with Crippen LogP contribution in [0.2, 0.25) is 5.02 Å². The van der Waals surface area contributed by atoms with Crippen molar-refractivity contribution < 1.29 is 0 Å². The maximum Gasteiger partial charge on any atom is 0.0867 e. The number of halogens is 3. The molecule has 0 bridgehead atoms. The zero-order chi connectivity index (χ0) is 10.6. The van der Waals surface area contributed by atoms with Gasteiger partial charge < -0.3 is 4.90 Å². The van der Waals surface area contributed by atoms with Gasteiger partial charge in [-0.25, -0.2) is 0 Å². The molecule has 0 unspecified atom stereocenters. The average molecular weight is 254 g/mol. The second-order valence-electron chi connectivity index (χ2n) is 2.83. The molecule has 0 aliphatic heterocycles. The van der Waals surface area contributed by atoms with E-state index < -0.39 is 0 Å². The van der Waals surface area contributed by atoms with Gasteiger partial charge in [0.25, 0.3) is 0 Å². The second kappa shape index (κ2) is 5.64. The topological polar surface area (TPSA) is 16.1 Å². The maximum atomic E-state index is 6.11. The number of aromatic nitrogens is 1. The highest BCUT2D eigenvalue weighted by atomic mass is 35.5. The fraction of sp³-hybridized carbons (Fsp3) is 0.444. The Labute approximate surface area is 98.8 Å². The predicted octanol–water partition coefficient (Wildman–Crippen LogP) is 3.15. The minimum atomic E-state index is 0.321. The Morgan fingerprint density at radius 2 is 2.14 bits per heavy atom. The number of anilines is 1. The highest BCUT2D eigenvalue weighted by molar-refractivity contribution is 6.34. The van der Waals surface area contributed by atoms with E-state index in [9.17, 15) is 0 Å². The molecule has 0 aromatic carbocycles. The molecule has 0 N–H and O–H groups in total. The third-order valence-corrected chi connectivity index (χ3v) is 2.73. The predicted molar refractivity (Wildman–Crippen MR) is 62.8 cm³/mol. The van der Waals surface area contributed by atoms with Crippen molar-refractivity contribution in [3.8, 4) is 0 Å². The molecule has 1 heterocycles. The Morgan fingerprint density at radius 3 is 2.71 bits per heavy atom. The van der Waals surface area contributed by atoms with Crippen LogP contribution in [0.3, 0.4) is 0 Å². The van der Waals surface area contributed by atoms with Gasteiger partial charge in [0.2, 0.25) is 0 Å². The minimum Gasteiger partial charge on any atom is -0.372 e. The van der Waals surface area contributed by atoms with Gasteiger partial charge in [-0.15, -0.1) is 23.2 Å². The van der Waals surface area contributed by atoms with Crippen molar-refractivity contribution in [1.29, 1.82) is 0 Å². The number of hydrogen-bond donors (Lipinski definition) is 0. The molecule has 1 aromatic rings. The summed E-state index contributed by atoms with van der Waals surface area (Å²) >= 11 is 17.4. The third-order valence-electron chi connectivity index (χ3n) is 1.90. The van der Waals surface area contributed by atoms with Crippen molar-refractivity contribution in [2.24, 2.45) is 0 Å². The summed E-state index contributed by atoms with van der Waals surface area (Å²) in [5, 5.41) is 0.607. The van der Waals surface area contributed by atoms with Crippen LogP contribution in [-0.4, -0.2) is 24.5 Å². The fourth-order valence-corrected chi connectivity index (χ4v) is 1.96. The van der Waals surface area contributed by atoms with Crippen LogP contribution >= 0.6 is 34.8 Å². The molecule has 0 spiro atoms. The number of rotatable bonds is 4. The van der Waals surface area contributed by atoms with E-state index in [1.165, 1.54) is 0 Å². The van der Waals surface area contributed by atoms with Gasteiger partial charge in [-0.3, -0.25) is 4.98 Å². The van der Waals surface area contributed by atoms with Crippen LogP contribution in [0.25, 0.3) is 0 Å². The SMILES string of the molecule is CN(CCCl)c1ccnc(CCl)c1Cl. The fourth-order valence-electron chi connectivity index (χ4n) is 1.11. The van der Waals surface area contributed by atoms with Crippen LogP contribution in [-0.2, 0) is 5.88 Å². The van der Waals surface area contributed by atoms with Gasteiger partial charge in [0.05, 0.1) is 22.3 Å². The Morgan fingerprint density at radius 1 is 1.43 bits per heavy atom. The number of hydrogen-bond acceptors (Lipinski definition) is 2. The van der Waals surface area contributed by atoms with Crippen LogP contribution in [0.5, 0.6) is 0 Å². The number of nitrogens with zero attached hydrogens (tertiary/aromatic N) is 2. The second-order valence-corrected chi connectivity index (χ2v) is 3.86. The Hall–Kier alpha value is -0.180. The van der Waals surface area contributed by atoms with E-state index in [1.54, 1.807) is 6.20 Å². The summed E-state index contributed by atoms with van der Waals surface area (Å²) in [6, 6.07) is 1.85. The lowest BCUT2D eigenvalue weighted by atomic mass is 10.3. The molecule has 0 amide bonds. The zero-order valence-electron chi connectivity index (χ0n) is 7.80. The lowest BCUT2D eigenvalue weighted by Crippen LogP contribution is -2.20. The summed E-state index contributed by atoms with van der Waals surface area (Å²) in [6.07, 6.45) is 1.70. The molecule has 0 fully saturated rings. The molecule has 0 saturated heterocycles. The highest BCUT2D eigenvalue weighted by Gasteiger charge is 2.09. The van der Waals surface area contributed by atoms with E-state index in [1.807, 2.05) is 18.0 Å². The summed E-state index contributed by atoms with van der Waals surface area (Å²) in [4.78, 5) is 6.06. The zero-order valence-corrected chi connectivity index (χ0v) is 10.1. The van der Waals surface area contributed by atoms with E-state index in [0.29, 0.717) is 22.5 Å². The molecular weight excluding hydrogens is 242 g/mol. The van der Waals surface area contributed by atoms with Crippen LogP contribution in [0.15, 0.2) is 12.3 Å². The van der Waals surface area contributed by atoms with Crippen molar-refractivity contribution in [2.75, 3.05) is 24.4 Å². The van der Waals surface area contributed by atoms with Gasteiger partial charge in [-0.2, -0.15) is 0 Å². The monoisotopic (exact) mass is 252 g/mol. The first-order chi connectivity index (χ1) is 6.70. The molecule has 0 saturated carbocycles. The van der Waals surface area contributed by atoms with Crippen molar-refractivity contribution in [1.82, 2.24) is 4.98 Å². The molecule has 1 aromatic heterocycles. The van der Waals surface area contributed by atoms with Gasteiger partial charge in [-0.05, 0) is 6.07 Å². The van der Waals surface area contributed by atoms with Crippen molar-refractivity contribution in [3.63, 3.8) is 0 Å². The normalized spacial score (nSPS) is 10.3. The van der Waals surface area contributed by atoms with Crippen LogP contribution < -0.4 is 4.90 Å². The van der Waals surface area contributed by atoms with Crippen LogP contribution in [0.1, 0.15) is 5.69 Å². The molecule has 2 nitrogen and oxygen atoms in total. The Balaban J connectivity index is 2.96. The minimum absolute atomic E-state index is 0.321. The Bertz CT molecular complexity index is 304. The Kier molecular flexibility index (Phi) is 4.79. The van der Waals surface area contributed by atoms with Crippen molar-refractivity contribution in [3.05, 3.63) is 23.0 Å². The largest absolute Gasteiger partial charge is 0.372 e. The van der Waals surface area contributed by atoms with Gasteiger partial charge in [0.15, 0.2) is 0 Å². The van der Waals surface area contributed by atoms with E-state index in [-0.39, 0.29) is 0 Å². The molecule has 0 radical (unpaired) electrons. The molecular formula is C9H11Cl3N2. The van der Waals surface area contributed by atoms with Crippen LogP contribution in [0, 0.1) is 0 Å².